The van der Waals surface area contributed by atoms with Crippen molar-refractivity contribution in [2.75, 3.05) is 5.32 Å². The summed E-state index contributed by atoms with van der Waals surface area (Å²) in [6, 6.07) is 14.0. The number of hydrogen-bond acceptors (Lipinski definition) is 4. The number of rotatable bonds is 5. The normalized spacial score (nSPS) is 10.3. The van der Waals surface area contributed by atoms with Gasteiger partial charge in [0.05, 0.1) is 28.9 Å². The van der Waals surface area contributed by atoms with Gasteiger partial charge in [0.15, 0.2) is 0 Å². The van der Waals surface area contributed by atoms with Crippen molar-refractivity contribution in [3.8, 4) is 0 Å². The zero-order valence-electron chi connectivity index (χ0n) is 12.1. The van der Waals surface area contributed by atoms with E-state index in [4.69, 9.17) is 4.42 Å². The van der Waals surface area contributed by atoms with Crippen LogP contribution in [0.1, 0.15) is 25.8 Å². The van der Waals surface area contributed by atoms with E-state index in [1.54, 1.807) is 48.7 Å². The van der Waals surface area contributed by atoms with Gasteiger partial charge in [-0.1, -0.05) is 18.2 Å². The summed E-state index contributed by atoms with van der Waals surface area (Å²) in [5.74, 6) is 0.160. The zero-order chi connectivity index (χ0) is 16.1. The summed E-state index contributed by atoms with van der Waals surface area (Å²) in [6.07, 6.45) is 1.55. The third kappa shape index (κ3) is 3.67. The van der Waals surface area contributed by atoms with Crippen LogP contribution in [0.15, 0.2) is 64.6 Å². The van der Waals surface area contributed by atoms with Crippen molar-refractivity contribution in [1.29, 1.82) is 0 Å². The average molecular weight is 326 g/mol. The summed E-state index contributed by atoms with van der Waals surface area (Å²) in [6.45, 7) is 0.291. The molecule has 3 aromatic rings. The fourth-order valence-electron chi connectivity index (χ4n) is 2.06. The Balaban J connectivity index is 1.72. The number of para-hydroxylation sites is 1. The molecule has 0 fully saturated rings. The topological polar surface area (TPSA) is 71.3 Å². The Bertz CT molecular complexity index is 795. The lowest BCUT2D eigenvalue weighted by molar-refractivity contribution is 0.0949. The third-order valence-electron chi connectivity index (χ3n) is 3.17. The second kappa shape index (κ2) is 6.93. The molecule has 0 radical (unpaired) electrons. The van der Waals surface area contributed by atoms with Gasteiger partial charge in [0, 0.05) is 0 Å². The molecule has 2 amide bonds. The molecule has 6 heteroatoms. The molecule has 23 heavy (non-hydrogen) atoms. The Hall–Kier alpha value is -2.86. The highest BCUT2D eigenvalue weighted by Gasteiger charge is 2.14. The SMILES string of the molecule is O=C(Nc1ccccc1C(=O)NCc1ccco1)c1cccs1. The first-order valence-electron chi connectivity index (χ1n) is 6.98. The van der Waals surface area contributed by atoms with E-state index < -0.39 is 0 Å². The van der Waals surface area contributed by atoms with E-state index in [0.29, 0.717) is 28.4 Å². The molecule has 2 heterocycles. The van der Waals surface area contributed by atoms with E-state index in [9.17, 15) is 9.59 Å². The van der Waals surface area contributed by atoms with Crippen molar-refractivity contribution in [3.63, 3.8) is 0 Å². The molecule has 2 N–H and O–H groups in total. The zero-order valence-corrected chi connectivity index (χ0v) is 12.9. The lowest BCUT2D eigenvalue weighted by atomic mass is 10.1. The third-order valence-corrected chi connectivity index (χ3v) is 4.04. The number of carbonyl (C=O) groups excluding carboxylic acids is 2. The first kappa shape index (κ1) is 15.1. The molecule has 116 valence electrons. The summed E-state index contributed by atoms with van der Waals surface area (Å²) in [7, 11) is 0. The number of thiophene rings is 1. The Kier molecular flexibility index (Phi) is 4.54. The van der Waals surface area contributed by atoms with Crippen LogP contribution in [0.5, 0.6) is 0 Å². The fraction of sp³-hybridized carbons (Fsp3) is 0.0588. The summed E-state index contributed by atoms with van der Waals surface area (Å²) in [4.78, 5) is 25.1. The largest absolute Gasteiger partial charge is 0.467 e. The van der Waals surface area contributed by atoms with Gasteiger partial charge in [0.1, 0.15) is 5.76 Å². The van der Waals surface area contributed by atoms with E-state index in [1.807, 2.05) is 11.4 Å². The van der Waals surface area contributed by atoms with Crippen LogP contribution in [0.4, 0.5) is 5.69 Å². The highest BCUT2D eigenvalue weighted by molar-refractivity contribution is 7.12. The van der Waals surface area contributed by atoms with Crippen molar-refractivity contribution < 1.29 is 14.0 Å². The number of carbonyl (C=O) groups is 2. The first-order chi connectivity index (χ1) is 11.2. The fourth-order valence-corrected chi connectivity index (χ4v) is 2.68. The maximum atomic E-state index is 12.3. The van der Waals surface area contributed by atoms with Crippen LogP contribution in [-0.2, 0) is 6.54 Å². The van der Waals surface area contributed by atoms with E-state index >= 15 is 0 Å². The number of anilines is 1. The average Bonchev–Trinajstić information content (AvgIpc) is 3.26. The summed E-state index contributed by atoms with van der Waals surface area (Å²) in [5.41, 5.74) is 0.881. The molecule has 5 nitrogen and oxygen atoms in total. The lowest BCUT2D eigenvalue weighted by Gasteiger charge is -2.10. The van der Waals surface area contributed by atoms with Gasteiger partial charge in [-0.3, -0.25) is 9.59 Å². The van der Waals surface area contributed by atoms with Gasteiger partial charge >= 0.3 is 0 Å². The molecule has 0 saturated carbocycles. The van der Waals surface area contributed by atoms with Crippen LogP contribution in [0.3, 0.4) is 0 Å². The predicted octanol–water partition coefficient (Wildman–Crippen LogP) is 3.52. The summed E-state index contributed by atoms with van der Waals surface area (Å²) >= 11 is 1.35. The first-order valence-corrected chi connectivity index (χ1v) is 7.86. The Morgan fingerprint density at radius 1 is 1.00 bits per heavy atom. The molecule has 3 rings (SSSR count). The molecule has 1 aromatic carbocycles. The van der Waals surface area contributed by atoms with Gasteiger partial charge < -0.3 is 15.1 Å². The number of benzene rings is 1. The van der Waals surface area contributed by atoms with Crippen LogP contribution in [0.2, 0.25) is 0 Å². The Labute approximate surface area is 136 Å². The van der Waals surface area contributed by atoms with Crippen LogP contribution in [0, 0.1) is 0 Å². The van der Waals surface area contributed by atoms with Crippen molar-refractivity contribution in [2.24, 2.45) is 0 Å². The Morgan fingerprint density at radius 3 is 2.61 bits per heavy atom. The van der Waals surface area contributed by atoms with Crippen molar-refractivity contribution in [1.82, 2.24) is 5.32 Å². The maximum Gasteiger partial charge on any atom is 0.265 e. The molecule has 0 aliphatic carbocycles. The number of nitrogens with one attached hydrogen (secondary N) is 2. The smallest absolute Gasteiger partial charge is 0.265 e. The molecular formula is C17H14N2O3S. The van der Waals surface area contributed by atoms with Crippen LogP contribution in [-0.4, -0.2) is 11.8 Å². The van der Waals surface area contributed by atoms with E-state index in [2.05, 4.69) is 10.6 Å². The van der Waals surface area contributed by atoms with E-state index in [0.717, 1.165) is 0 Å². The van der Waals surface area contributed by atoms with Gasteiger partial charge in [0.2, 0.25) is 0 Å². The summed E-state index contributed by atoms with van der Waals surface area (Å²) in [5, 5.41) is 7.37. The van der Waals surface area contributed by atoms with Crippen molar-refractivity contribution in [3.05, 3.63) is 76.4 Å². The number of amides is 2. The van der Waals surface area contributed by atoms with Gasteiger partial charge in [-0.25, -0.2) is 0 Å². The van der Waals surface area contributed by atoms with Crippen LogP contribution >= 0.6 is 11.3 Å². The molecule has 0 atom stereocenters. The minimum atomic E-state index is -0.275. The molecule has 0 bridgehead atoms. The predicted molar refractivity (Wildman–Crippen MR) is 88.6 cm³/mol. The standard InChI is InChI=1S/C17H14N2O3S/c20-16(18-11-12-5-3-9-22-12)13-6-1-2-7-14(13)19-17(21)15-8-4-10-23-15/h1-10H,11H2,(H,18,20)(H,19,21). The minimum Gasteiger partial charge on any atom is -0.467 e. The molecule has 0 aliphatic rings. The molecule has 0 saturated heterocycles. The maximum absolute atomic E-state index is 12.3. The second-order valence-electron chi connectivity index (χ2n) is 4.74. The molecule has 0 spiro atoms. The number of hydrogen-bond donors (Lipinski definition) is 2. The van der Waals surface area contributed by atoms with E-state index in [-0.39, 0.29) is 11.8 Å². The van der Waals surface area contributed by atoms with Crippen LogP contribution < -0.4 is 10.6 Å². The van der Waals surface area contributed by atoms with Gasteiger partial charge in [-0.2, -0.15) is 0 Å². The summed E-state index contributed by atoms with van der Waals surface area (Å²) < 4.78 is 5.18. The highest BCUT2D eigenvalue weighted by Crippen LogP contribution is 2.18. The lowest BCUT2D eigenvalue weighted by Crippen LogP contribution is -2.24. The molecular weight excluding hydrogens is 312 g/mol. The van der Waals surface area contributed by atoms with Gasteiger partial charge in [-0.15, -0.1) is 11.3 Å². The molecule has 0 aliphatic heterocycles. The second-order valence-corrected chi connectivity index (χ2v) is 5.69. The monoisotopic (exact) mass is 326 g/mol. The quantitative estimate of drug-likeness (QED) is 0.753. The van der Waals surface area contributed by atoms with Gasteiger partial charge in [0.25, 0.3) is 11.8 Å². The Morgan fingerprint density at radius 2 is 1.87 bits per heavy atom. The van der Waals surface area contributed by atoms with Crippen LogP contribution in [0.25, 0.3) is 0 Å². The van der Waals surface area contributed by atoms with Crippen molar-refractivity contribution in [2.45, 2.75) is 6.54 Å². The molecule has 0 unspecified atom stereocenters. The number of furan rings is 1. The highest BCUT2D eigenvalue weighted by atomic mass is 32.1. The van der Waals surface area contributed by atoms with E-state index in [1.165, 1.54) is 11.3 Å². The molecule has 2 aromatic heterocycles. The van der Waals surface area contributed by atoms with Crippen molar-refractivity contribution >= 4 is 28.8 Å². The van der Waals surface area contributed by atoms with Gasteiger partial charge in [-0.05, 0) is 35.7 Å². The minimum absolute atomic E-state index is 0.230.